The van der Waals surface area contributed by atoms with Crippen molar-refractivity contribution in [2.75, 3.05) is 5.32 Å². The lowest BCUT2D eigenvalue weighted by Crippen LogP contribution is -2.05. The van der Waals surface area contributed by atoms with Crippen molar-refractivity contribution >= 4 is 11.6 Å². The second-order valence-corrected chi connectivity index (χ2v) is 4.31. The van der Waals surface area contributed by atoms with Crippen LogP contribution in [0.3, 0.4) is 0 Å². The summed E-state index contributed by atoms with van der Waals surface area (Å²) in [5.74, 6) is -0.0463. The average molecular weight is 239 g/mol. The fraction of sp³-hybridized carbons (Fsp3) is 0.188. The first-order valence-corrected chi connectivity index (χ1v) is 6.16. The van der Waals surface area contributed by atoms with Crippen LogP contribution in [0.2, 0.25) is 0 Å². The molecule has 0 heterocycles. The zero-order chi connectivity index (χ0) is 13.0. The standard InChI is InChI=1S/C16H17NO/c1-3-13-4-6-14(7-5-13)15-8-10-16(11-9-15)17-12(2)18/h4-11H,3H2,1-2H3,(H,17,18). The molecule has 0 bridgehead atoms. The molecular weight excluding hydrogens is 222 g/mol. The second-order valence-electron chi connectivity index (χ2n) is 4.31. The predicted octanol–water partition coefficient (Wildman–Crippen LogP) is 3.87. The number of hydrogen-bond donors (Lipinski definition) is 1. The van der Waals surface area contributed by atoms with Gasteiger partial charge in [0.15, 0.2) is 0 Å². The monoisotopic (exact) mass is 239 g/mol. The average Bonchev–Trinajstić information content (AvgIpc) is 2.39. The summed E-state index contributed by atoms with van der Waals surface area (Å²) >= 11 is 0. The first-order valence-electron chi connectivity index (χ1n) is 6.16. The van der Waals surface area contributed by atoms with E-state index in [4.69, 9.17) is 0 Å². The molecule has 0 aliphatic rings. The predicted molar refractivity (Wildman–Crippen MR) is 75.6 cm³/mol. The third kappa shape index (κ3) is 2.98. The minimum Gasteiger partial charge on any atom is -0.326 e. The van der Waals surface area contributed by atoms with Gasteiger partial charge in [0.2, 0.25) is 5.91 Å². The third-order valence-electron chi connectivity index (χ3n) is 2.90. The van der Waals surface area contributed by atoms with Crippen molar-refractivity contribution in [3.8, 4) is 11.1 Å². The Hall–Kier alpha value is -2.09. The van der Waals surface area contributed by atoms with Gasteiger partial charge in [-0.25, -0.2) is 0 Å². The maximum absolute atomic E-state index is 10.9. The van der Waals surface area contributed by atoms with Gasteiger partial charge in [-0.05, 0) is 35.2 Å². The molecule has 1 amide bonds. The Morgan fingerprint density at radius 3 is 1.89 bits per heavy atom. The minimum absolute atomic E-state index is 0.0463. The van der Waals surface area contributed by atoms with Crippen molar-refractivity contribution in [3.63, 3.8) is 0 Å². The molecule has 18 heavy (non-hydrogen) atoms. The Balaban J connectivity index is 2.20. The van der Waals surface area contributed by atoms with Gasteiger partial charge in [0.05, 0.1) is 0 Å². The van der Waals surface area contributed by atoms with Crippen LogP contribution in [0.5, 0.6) is 0 Å². The number of amides is 1. The highest BCUT2D eigenvalue weighted by molar-refractivity contribution is 5.88. The lowest BCUT2D eigenvalue weighted by atomic mass is 10.0. The van der Waals surface area contributed by atoms with Crippen molar-refractivity contribution < 1.29 is 4.79 Å². The lowest BCUT2D eigenvalue weighted by Gasteiger charge is -2.05. The first-order chi connectivity index (χ1) is 8.69. The van der Waals surface area contributed by atoms with Crippen molar-refractivity contribution in [1.82, 2.24) is 0 Å². The molecule has 1 N–H and O–H groups in total. The van der Waals surface area contributed by atoms with Crippen molar-refractivity contribution in [3.05, 3.63) is 54.1 Å². The van der Waals surface area contributed by atoms with Gasteiger partial charge in [0, 0.05) is 12.6 Å². The molecule has 0 aliphatic heterocycles. The van der Waals surface area contributed by atoms with Crippen molar-refractivity contribution in [1.29, 1.82) is 0 Å². The maximum Gasteiger partial charge on any atom is 0.221 e. The molecule has 2 aromatic rings. The quantitative estimate of drug-likeness (QED) is 0.865. The van der Waals surface area contributed by atoms with Gasteiger partial charge in [-0.2, -0.15) is 0 Å². The van der Waals surface area contributed by atoms with E-state index in [9.17, 15) is 4.79 Å². The topological polar surface area (TPSA) is 29.1 Å². The fourth-order valence-electron chi connectivity index (χ4n) is 1.88. The number of carbonyl (C=O) groups is 1. The van der Waals surface area contributed by atoms with E-state index >= 15 is 0 Å². The van der Waals surface area contributed by atoms with Gasteiger partial charge in [-0.1, -0.05) is 43.3 Å². The number of carbonyl (C=O) groups excluding carboxylic acids is 1. The molecule has 0 unspecified atom stereocenters. The van der Waals surface area contributed by atoms with Crippen LogP contribution in [-0.4, -0.2) is 5.91 Å². The van der Waals surface area contributed by atoms with Gasteiger partial charge in [-0.15, -0.1) is 0 Å². The van der Waals surface area contributed by atoms with Crippen LogP contribution in [0.4, 0.5) is 5.69 Å². The number of anilines is 1. The summed E-state index contributed by atoms with van der Waals surface area (Å²) in [4.78, 5) is 10.9. The largest absolute Gasteiger partial charge is 0.326 e. The van der Waals surface area contributed by atoms with Gasteiger partial charge in [-0.3, -0.25) is 4.79 Å². The van der Waals surface area contributed by atoms with E-state index in [-0.39, 0.29) is 5.91 Å². The zero-order valence-corrected chi connectivity index (χ0v) is 10.7. The minimum atomic E-state index is -0.0463. The summed E-state index contributed by atoms with van der Waals surface area (Å²) in [5.41, 5.74) is 4.53. The Bertz CT molecular complexity index is 526. The maximum atomic E-state index is 10.9. The highest BCUT2D eigenvalue weighted by atomic mass is 16.1. The molecule has 0 atom stereocenters. The highest BCUT2D eigenvalue weighted by Crippen LogP contribution is 2.22. The SMILES string of the molecule is CCc1ccc(-c2ccc(NC(C)=O)cc2)cc1. The van der Waals surface area contributed by atoms with Gasteiger partial charge >= 0.3 is 0 Å². The van der Waals surface area contributed by atoms with Gasteiger partial charge in [0.1, 0.15) is 0 Å². The third-order valence-corrected chi connectivity index (χ3v) is 2.90. The van der Waals surface area contributed by atoms with Crippen LogP contribution >= 0.6 is 0 Å². The summed E-state index contributed by atoms with van der Waals surface area (Å²) < 4.78 is 0. The van der Waals surface area contributed by atoms with E-state index in [1.54, 1.807) is 0 Å². The number of rotatable bonds is 3. The molecule has 0 spiro atoms. The summed E-state index contributed by atoms with van der Waals surface area (Å²) in [5, 5.41) is 2.76. The molecule has 0 radical (unpaired) electrons. The molecule has 0 saturated carbocycles. The van der Waals surface area contributed by atoms with Crippen LogP contribution in [0.15, 0.2) is 48.5 Å². The summed E-state index contributed by atoms with van der Waals surface area (Å²) in [7, 11) is 0. The molecular formula is C16H17NO. The smallest absolute Gasteiger partial charge is 0.221 e. The molecule has 0 fully saturated rings. The summed E-state index contributed by atoms with van der Waals surface area (Å²) in [6, 6.07) is 16.4. The van der Waals surface area contributed by atoms with E-state index in [0.717, 1.165) is 17.7 Å². The molecule has 2 aromatic carbocycles. The summed E-state index contributed by atoms with van der Waals surface area (Å²) in [6.07, 6.45) is 1.06. The highest BCUT2D eigenvalue weighted by Gasteiger charge is 1.99. The van der Waals surface area contributed by atoms with E-state index in [1.165, 1.54) is 18.1 Å². The Labute approximate surface area is 108 Å². The Morgan fingerprint density at radius 1 is 0.944 bits per heavy atom. The van der Waals surface area contributed by atoms with Crippen molar-refractivity contribution in [2.45, 2.75) is 20.3 Å². The van der Waals surface area contributed by atoms with E-state index in [1.807, 2.05) is 24.3 Å². The normalized spacial score (nSPS) is 10.1. The molecule has 2 nitrogen and oxygen atoms in total. The Kier molecular flexibility index (Phi) is 3.78. The molecule has 0 aliphatic carbocycles. The molecule has 2 heteroatoms. The van der Waals surface area contributed by atoms with Gasteiger partial charge in [0.25, 0.3) is 0 Å². The summed E-state index contributed by atoms with van der Waals surface area (Å²) in [6.45, 7) is 3.66. The van der Waals surface area contributed by atoms with E-state index in [0.29, 0.717) is 0 Å². The van der Waals surface area contributed by atoms with Crippen LogP contribution in [0.1, 0.15) is 19.4 Å². The van der Waals surface area contributed by atoms with E-state index < -0.39 is 0 Å². The Morgan fingerprint density at radius 2 is 1.44 bits per heavy atom. The van der Waals surface area contributed by atoms with Crippen LogP contribution in [0, 0.1) is 0 Å². The molecule has 92 valence electrons. The lowest BCUT2D eigenvalue weighted by molar-refractivity contribution is -0.114. The number of hydrogen-bond acceptors (Lipinski definition) is 1. The number of benzene rings is 2. The van der Waals surface area contributed by atoms with Crippen LogP contribution in [0.25, 0.3) is 11.1 Å². The molecule has 0 aromatic heterocycles. The van der Waals surface area contributed by atoms with Gasteiger partial charge < -0.3 is 5.32 Å². The fourth-order valence-corrected chi connectivity index (χ4v) is 1.88. The second kappa shape index (κ2) is 5.50. The van der Waals surface area contributed by atoms with Crippen molar-refractivity contribution in [2.24, 2.45) is 0 Å². The zero-order valence-electron chi connectivity index (χ0n) is 10.7. The molecule has 2 rings (SSSR count). The number of aryl methyl sites for hydroxylation is 1. The van der Waals surface area contributed by atoms with Crippen LogP contribution in [-0.2, 0) is 11.2 Å². The first kappa shape index (κ1) is 12.4. The molecule has 0 saturated heterocycles. The number of nitrogens with one attached hydrogen (secondary N) is 1. The van der Waals surface area contributed by atoms with E-state index in [2.05, 4.69) is 36.5 Å². The van der Waals surface area contributed by atoms with Crippen LogP contribution < -0.4 is 5.32 Å².